The van der Waals surface area contributed by atoms with Crippen LogP contribution in [-0.4, -0.2) is 13.2 Å². The molecule has 1 aromatic rings. The van der Waals surface area contributed by atoms with Crippen LogP contribution < -0.4 is 10.5 Å². The lowest BCUT2D eigenvalue weighted by Crippen LogP contribution is -2.22. The molecule has 0 aromatic heterocycles. The molecule has 1 aromatic carbocycles. The Kier molecular flexibility index (Phi) is 5.15. The molecule has 118 valence electrons. The zero-order valence-electron chi connectivity index (χ0n) is 12.2. The number of nitrogens with zero attached hydrogens (tertiary/aromatic N) is 1. The van der Waals surface area contributed by atoms with Crippen LogP contribution in [0.5, 0.6) is 5.75 Å². The first-order valence-corrected chi connectivity index (χ1v) is 8.72. The number of ether oxygens (including phenoxy) is 1. The summed E-state index contributed by atoms with van der Waals surface area (Å²) in [6.45, 7) is 3.70. The van der Waals surface area contributed by atoms with Gasteiger partial charge < -0.3 is 19.5 Å². The molecular formula is C14H16ClN2O4P. The van der Waals surface area contributed by atoms with Gasteiger partial charge >= 0.3 is 7.60 Å². The molecule has 2 rings (SSSR count). The molecule has 1 unspecified atom stereocenters. The third kappa shape index (κ3) is 2.86. The average Bonchev–Trinajstić information content (AvgIpc) is 2.46. The summed E-state index contributed by atoms with van der Waals surface area (Å²) in [7, 11) is -3.69. The lowest BCUT2D eigenvalue weighted by molar-refractivity contribution is 0.213. The van der Waals surface area contributed by atoms with Crippen molar-refractivity contribution in [3.63, 3.8) is 0 Å². The van der Waals surface area contributed by atoms with Gasteiger partial charge in [0.15, 0.2) is 0 Å². The molecule has 2 N–H and O–H groups in total. The normalized spacial score (nSPS) is 17.6. The van der Waals surface area contributed by atoms with Crippen molar-refractivity contribution in [2.24, 2.45) is 5.73 Å². The highest BCUT2D eigenvalue weighted by Gasteiger charge is 2.46. The van der Waals surface area contributed by atoms with E-state index in [2.05, 4.69) is 0 Å². The zero-order valence-corrected chi connectivity index (χ0v) is 13.9. The number of halogens is 1. The lowest BCUT2D eigenvalue weighted by atomic mass is 10.0. The van der Waals surface area contributed by atoms with E-state index in [1.807, 2.05) is 6.07 Å². The maximum atomic E-state index is 13.2. The summed E-state index contributed by atoms with van der Waals surface area (Å²) >= 11 is 6.23. The molecule has 0 spiro atoms. The number of benzene rings is 1. The van der Waals surface area contributed by atoms with Crippen LogP contribution >= 0.6 is 19.2 Å². The van der Waals surface area contributed by atoms with Crippen molar-refractivity contribution in [2.75, 3.05) is 13.2 Å². The second-order valence-corrected chi connectivity index (χ2v) is 6.94. The maximum absolute atomic E-state index is 13.2. The second-order valence-electron chi connectivity index (χ2n) is 4.42. The second kappa shape index (κ2) is 6.72. The van der Waals surface area contributed by atoms with Crippen molar-refractivity contribution < 1.29 is 18.3 Å². The number of hydrogen-bond donors (Lipinski definition) is 1. The molecule has 0 fully saturated rings. The van der Waals surface area contributed by atoms with Crippen LogP contribution in [0.25, 0.3) is 0 Å². The first-order chi connectivity index (χ1) is 10.5. The van der Waals surface area contributed by atoms with Crippen LogP contribution in [-0.2, 0) is 13.6 Å². The number of fused-ring (bicyclic) bond motifs is 1. The first-order valence-electron chi connectivity index (χ1n) is 6.73. The van der Waals surface area contributed by atoms with Crippen LogP contribution in [0.1, 0.15) is 25.1 Å². The van der Waals surface area contributed by atoms with Gasteiger partial charge in [0.05, 0.1) is 13.2 Å². The fraction of sp³-hybridized carbons (Fsp3) is 0.357. The Morgan fingerprint density at radius 2 is 2.05 bits per heavy atom. The summed E-state index contributed by atoms with van der Waals surface area (Å²) in [4.78, 5) is 0. The van der Waals surface area contributed by atoms with E-state index in [-0.39, 0.29) is 24.7 Å². The minimum Gasteiger partial charge on any atom is -0.440 e. The summed E-state index contributed by atoms with van der Waals surface area (Å²) in [6.07, 6.45) is 0. The molecule has 1 aliphatic rings. The monoisotopic (exact) mass is 342 g/mol. The topological polar surface area (TPSA) is 94.6 Å². The smallest absolute Gasteiger partial charge is 0.343 e. The highest BCUT2D eigenvalue weighted by Crippen LogP contribution is 2.67. The van der Waals surface area contributed by atoms with Crippen molar-refractivity contribution in [3.05, 3.63) is 40.2 Å². The molecule has 0 saturated carbocycles. The molecule has 6 nitrogen and oxygen atoms in total. The predicted octanol–water partition coefficient (Wildman–Crippen LogP) is 3.73. The third-order valence-electron chi connectivity index (χ3n) is 3.10. The fourth-order valence-corrected chi connectivity index (χ4v) is 4.83. The minimum absolute atomic E-state index is 0.00849. The Labute approximate surface area is 133 Å². The largest absolute Gasteiger partial charge is 0.440 e. The Morgan fingerprint density at radius 3 is 2.59 bits per heavy atom. The highest BCUT2D eigenvalue weighted by atomic mass is 35.5. The summed E-state index contributed by atoms with van der Waals surface area (Å²) in [5.74, 6) is 0.218. The lowest BCUT2D eigenvalue weighted by Gasteiger charge is -2.31. The standard InChI is InChI=1S/C14H16ClN2O4P/c1-3-19-22(18,20-4-2)13-9(8-16)14(17)21-11-7-5-6-10(15)12(11)13/h5-7,13H,3-4,17H2,1-2H3. The van der Waals surface area contributed by atoms with Gasteiger partial charge in [-0.1, -0.05) is 17.7 Å². The van der Waals surface area contributed by atoms with E-state index < -0.39 is 13.3 Å². The Bertz CT molecular complexity index is 689. The van der Waals surface area contributed by atoms with E-state index >= 15 is 0 Å². The molecule has 1 aliphatic heterocycles. The van der Waals surface area contributed by atoms with Crippen LogP contribution in [0.3, 0.4) is 0 Å². The summed E-state index contributed by atoms with van der Waals surface area (Å²) < 4.78 is 29.4. The molecular weight excluding hydrogens is 327 g/mol. The van der Waals surface area contributed by atoms with Gasteiger partial charge in [0.25, 0.3) is 0 Å². The van der Waals surface area contributed by atoms with Gasteiger partial charge in [-0.15, -0.1) is 0 Å². The molecule has 0 saturated heterocycles. The summed E-state index contributed by atoms with van der Waals surface area (Å²) in [5, 5.41) is 9.71. The summed E-state index contributed by atoms with van der Waals surface area (Å²) in [5.41, 5.74) is 5.17. The molecule has 1 heterocycles. The SMILES string of the molecule is CCOP(=O)(OCC)C1C(C#N)=C(N)Oc2cccc(Cl)c21. The van der Waals surface area contributed by atoms with E-state index in [1.54, 1.807) is 32.0 Å². The quantitative estimate of drug-likeness (QED) is 0.819. The number of rotatable bonds is 5. The van der Waals surface area contributed by atoms with Gasteiger partial charge in [0.1, 0.15) is 23.1 Å². The van der Waals surface area contributed by atoms with E-state index in [1.165, 1.54) is 0 Å². The Hall–Kier alpha value is -1.51. The third-order valence-corrected chi connectivity index (χ3v) is 5.81. The highest BCUT2D eigenvalue weighted by molar-refractivity contribution is 7.54. The molecule has 0 radical (unpaired) electrons. The molecule has 22 heavy (non-hydrogen) atoms. The molecule has 0 bridgehead atoms. The first kappa shape index (κ1) is 16.9. The zero-order chi connectivity index (χ0) is 16.3. The van der Waals surface area contributed by atoms with Crippen molar-refractivity contribution in [2.45, 2.75) is 19.5 Å². The summed E-state index contributed by atoms with van der Waals surface area (Å²) in [6, 6.07) is 6.87. The van der Waals surface area contributed by atoms with E-state index in [9.17, 15) is 9.83 Å². The van der Waals surface area contributed by atoms with Crippen molar-refractivity contribution >= 4 is 19.2 Å². The average molecular weight is 343 g/mol. The number of hydrogen-bond acceptors (Lipinski definition) is 6. The van der Waals surface area contributed by atoms with Gasteiger partial charge in [-0.25, -0.2) is 0 Å². The number of nitriles is 1. The predicted molar refractivity (Wildman–Crippen MR) is 82.5 cm³/mol. The van der Waals surface area contributed by atoms with Crippen molar-refractivity contribution in [1.82, 2.24) is 0 Å². The Morgan fingerprint density at radius 1 is 1.41 bits per heavy atom. The van der Waals surface area contributed by atoms with Gasteiger partial charge in [-0.2, -0.15) is 5.26 Å². The molecule has 0 amide bonds. The van der Waals surface area contributed by atoms with E-state index in [0.717, 1.165) is 0 Å². The van der Waals surface area contributed by atoms with Crippen molar-refractivity contribution in [3.8, 4) is 11.8 Å². The fourth-order valence-electron chi connectivity index (χ4n) is 2.30. The molecule has 0 aliphatic carbocycles. The van der Waals surface area contributed by atoms with Crippen LogP contribution in [0.4, 0.5) is 0 Å². The maximum Gasteiger partial charge on any atom is 0.343 e. The molecule has 1 atom stereocenters. The van der Waals surface area contributed by atoms with E-state index in [4.69, 9.17) is 31.1 Å². The number of allylic oxidation sites excluding steroid dienone is 1. The van der Waals surface area contributed by atoms with Crippen LogP contribution in [0.2, 0.25) is 5.02 Å². The Balaban J connectivity index is 2.70. The van der Waals surface area contributed by atoms with Crippen LogP contribution in [0.15, 0.2) is 29.7 Å². The van der Waals surface area contributed by atoms with Gasteiger partial charge in [0, 0.05) is 10.6 Å². The molecule has 8 heteroatoms. The van der Waals surface area contributed by atoms with Crippen LogP contribution in [0, 0.1) is 11.3 Å². The van der Waals surface area contributed by atoms with Gasteiger partial charge in [0.2, 0.25) is 5.88 Å². The number of nitrogens with two attached hydrogens (primary N) is 1. The van der Waals surface area contributed by atoms with E-state index in [0.29, 0.717) is 16.3 Å². The minimum atomic E-state index is -3.69. The van der Waals surface area contributed by atoms with Gasteiger partial charge in [-0.05, 0) is 26.0 Å². The van der Waals surface area contributed by atoms with Crippen molar-refractivity contribution in [1.29, 1.82) is 5.26 Å². The van der Waals surface area contributed by atoms with Gasteiger partial charge in [-0.3, -0.25) is 4.57 Å².